The van der Waals surface area contributed by atoms with Gasteiger partial charge >= 0.3 is 12.1 Å². The van der Waals surface area contributed by atoms with Crippen LogP contribution in [-0.4, -0.2) is 75.3 Å². The third-order valence-corrected chi connectivity index (χ3v) is 5.84. The number of amides is 3. The van der Waals surface area contributed by atoms with Crippen LogP contribution in [0.5, 0.6) is 5.75 Å². The summed E-state index contributed by atoms with van der Waals surface area (Å²) in [5.74, 6) is -1.24. The number of esters is 1. The van der Waals surface area contributed by atoms with Gasteiger partial charge in [0.15, 0.2) is 0 Å². The smallest absolute Gasteiger partial charge is 0.407 e. The number of hydrogen-bond acceptors (Lipinski definition) is 8. The highest BCUT2D eigenvalue weighted by Crippen LogP contribution is 2.14. The molecule has 0 fully saturated rings. The second kappa shape index (κ2) is 19.7. The number of aliphatic imine (C=N–C) groups is 1. The Morgan fingerprint density at radius 2 is 1.61 bits per heavy atom. The minimum atomic E-state index is -1.08. The van der Waals surface area contributed by atoms with Crippen LogP contribution in [0, 0.1) is 0 Å². The van der Waals surface area contributed by atoms with E-state index in [1.807, 2.05) is 0 Å². The first kappa shape index (κ1) is 34.8. The van der Waals surface area contributed by atoms with E-state index in [1.165, 1.54) is 20.3 Å². The van der Waals surface area contributed by atoms with Crippen LogP contribution in [0.25, 0.3) is 0 Å². The predicted molar refractivity (Wildman–Crippen MR) is 155 cm³/mol. The highest BCUT2D eigenvalue weighted by Gasteiger charge is 2.29. The number of methoxy groups -OCH3 is 2. The number of benzene rings is 1. The molecule has 0 spiro atoms. The maximum atomic E-state index is 13.4. The van der Waals surface area contributed by atoms with Gasteiger partial charge in [0.05, 0.1) is 14.2 Å². The van der Waals surface area contributed by atoms with Crippen LogP contribution >= 0.6 is 11.8 Å². The first-order valence-electron chi connectivity index (χ1n) is 12.8. The lowest BCUT2D eigenvalue weighted by Crippen LogP contribution is -2.56. The summed E-state index contributed by atoms with van der Waals surface area (Å²) in [4.78, 5) is 57.0. The molecule has 0 saturated heterocycles. The lowest BCUT2D eigenvalue weighted by atomic mass is 10.0. The van der Waals surface area contributed by atoms with Crippen molar-refractivity contribution in [1.82, 2.24) is 20.8 Å². The summed E-state index contributed by atoms with van der Waals surface area (Å²) in [5, 5.41) is 7.79. The molecular weight excluding hydrogens is 556 g/mol. The molecule has 0 radical (unpaired) electrons. The zero-order valence-corrected chi connectivity index (χ0v) is 24.1. The normalized spacial score (nSPS) is 13.0. The molecule has 0 aliphatic heterocycles. The third-order valence-electron chi connectivity index (χ3n) is 5.64. The van der Waals surface area contributed by atoms with E-state index >= 15 is 0 Å². The van der Waals surface area contributed by atoms with E-state index in [0.717, 1.165) is 0 Å². The van der Waals surface area contributed by atoms with Gasteiger partial charge in [-0.05, 0) is 43.4 Å². The summed E-state index contributed by atoms with van der Waals surface area (Å²) in [6.45, 7) is 7.87. The van der Waals surface area contributed by atoms with E-state index < -0.39 is 42.0 Å². The average Bonchev–Trinajstić information content (AvgIpc) is 2.98. The van der Waals surface area contributed by atoms with E-state index in [1.54, 1.807) is 30.3 Å². The van der Waals surface area contributed by atoms with Crippen LogP contribution in [0.3, 0.4) is 0 Å². The molecule has 13 nitrogen and oxygen atoms in total. The second-order valence-electron chi connectivity index (χ2n) is 8.66. The Morgan fingerprint density at radius 3 is 2.20 bits per heavy atom. The van der Waals surface area contributed by atoms with Crippen molar-refractivity contribution in [2.45, 2.75) is 50.2 Å². The van der Waals surface area contributed by atoms with Gasteiger partial charge in [0.1, 0.15) is 30.5 Å². The maximum absolute atomic E-state index is 13.4. The van der Waals surface area contributed by atoms with Crippen LogP contribution < -0.4 is 31.3 Å². The molecule has 0 heterocycles. The van der Waals surface area contributed by atoms with Gasteiger partial charge in [-0.3, -0.25) is 19.4 Å². The Balaban J connectivity index is 3.10. The number of nitrogens with zero attached hydrogens (tertiary/aromatic N) is 1. The van der Waals surface area contributed by atoms with Gasteiger partial charge in [-0.15, -0.1) is 6.58 Å². The lowest BCUT2D eigenvalue weighted by Gasteiger charge is -2.24. The fourth-order valence-corrected chi connectivity index (χ4v) is 3.61. The fraction of sp³-hybridized carbons (Fsp3) is 0.444. The number of hydrogen-bond donors (Lipinski definition) is 5. The van der Waals surface area contributed by atoms with Crippen molar-refractivity contribution in [2.24, 2.45) is 10.7 Å². The molecule has 0 bridgehead atoms. The number of guanidine groups is 1. The minimum absolute atomic E-state index is 0.0524. The summed E-state index contributed by atoms with van der Waals surface area (Å²) in [5.41, 5.74) is 6.23. The molecule has 14 heteroatoms. The van der Waals surface area contributed by atoms with E-state index in [2.05, 4.69) is 43.7 Å². The number of nitrogens with two attached hydrogens (primary N) is 1. The molecule has 1 aromatic carbocycles. The molecule has 0 aliphatic rings. The Hall–Kier alpha value is -4.26. The zero-order chi connectivity index (χ0) is 30.6. The maximum Gasteiger partial charge on any atom is 0.407 e. The van der Waals surface area contributed by atoms with E-state index in [0.29, 0.717) is 37.3 Å². The molecular formula is C27H39ClN6O7. The van der Waals surface area contributed by atoms with Crippen LogP contribution in [-0.2, 0) is 30.3 Å². The van der Waals surface area contributed by atoms with Crippen LogP contribution in [0.4, 0.5) is 4.79 Å². The van der Waals surface area contributed by atoms with Crippen LogP contribution in [0.15, 0.2) is 54.6 Å². The van der Waals surface area contributed by atoms with Crippen molar-refractivity contribution in [3.05, 3.63) is 55.1 Å². The largest absolute Gasteiger partial charge is 0.490 e. The number of carbonyl (C=O) groups is 4. The molecule has 0 aromatic heterocycles. The van der Waals surface area contributed by atoms with Crippen molar-refractivity contribution in [3.63, 3.8) is 0 Å². The van der Waals surface area contributed by atoms with Crippen molar-refractivity contribution in [2.75, 3.05) is 27.4 Å². The number of nitrogens with one attached hydrogen (secondary N) is 4. The van der Waals surface area contributed by atoms with Gasteiger partial charge in [-0.2, -0.15) is 0 Å². The summed E-state index contributed by atoms with van der Waals surface area (Å²) in [6, 6.07) is 3.83. The number of rotatable bonds is 18. The quantitative estimate of drug-likeness (QED) is 0.0419. The van der Waals surface area contributed by atoms with Gasteiger partial charge in [-0.25, -0.2) is 9.59 Å². The summed E-state index contributed by atoms with van der Waals surface area (Å²) < 4.78 is 14.9. The number of alkyl carbamates (subject to hydrolysis) is 1. The SMILES string of the molecule is C=CCOc1ccc(C[C@H](NC(=O)OC)C(=O)N[C@@H](CCCCN=C(N)NCl)C(=O)N[C@@H](CC=C)C(=O)OC)cc1. The van der Waals surface area contributed by atoms with Crippen molar-refractivity contribution in [1.29, 1.82) is 0 Å². The van der Waals surface area contributed by atoms with Gasteiger partial charge in [-0.1, -0.05) is 30.9 Å². The van der Waals surface area contributed by atoms with Gasteiger partial charge in [0.25, 0.3) is 0 Å². The molecule has 6 N–H and O–H groups in total. The van der Waals surface area contributed by atoms with Gasteiger partial charge < -0.3 is 35.9 Å². The third kappa shape index (κ3) is 13.6. The zero-order valence-electron chi connectivity index (χ0n) is 23.3. The summed E-state index contributed by atoms with van der Waals surface area (Å²) in [7, 11) is 2.38. The Morgan fingerprint density at radius 1 is 0.951 bits per heavy atom. The fourth-order valence-electron chi connectivity index (χ4n) is 3.55. The molecule has 226 valence electrons. The second-order valence-corrected chi connectivity index (χ2v) is 8.85. The molecule has 41 heavy (non-hydrogen) atoms. The standard InChI is InChI=1S/C27H39ClN6O7/c1-5-9-21(25(37)39-3)32-23(35)20(10-7-8-15-30-26(29)34-28)31-24(36)22(33-27(38)40-4)17-18-11-13-19(14-12-18)41-16-6-2/h5-6,11-14,20-22H,1-2,7-10,15-17H2,3-4H3,(H,31,36)(H,32,35)(H,33,38)(H3,29,30,34)/t20-,21-,22-/m0/s1. The van der Waals surface area contributed by atoms with E-state index in [-0.39, 0.29) is 25.2 Å². The summed E-state index contributed by atoms with van der Waals surface area (Å²) in [6.07, 6.45) is 3.66. The van der Waals surface area contributed by atoms with E-state index in [9.17, 15) is 19.2 Å². The molecule has 3 atom stereocenters. The molecule has 0 aliphatic carbocycles. The first-order chi connectivity index (χ1) is 19.7. The van der Waals surface area contributed by atoms with Crippen molar-refractivity contribution in [3.8, 4) is 5.75 Å². The Bertz CT molecular complexity index is 1050. The number of unbranched alkanes of at least 4 members (excludes halogenated alkanes) is 1. The monoisotopic (exact) mass is 594 g/mol. The van der Waals surface area contributed by atoms with Gasteiger partial charge in [0, 0.05) is 24.7 Å². The summed E-state index contributed by atoms with van der Waals surface area (Å²) >= 11 is 5.39. The van der Waals surface area contributed by atoms with Crippen LogP contribution in [0.1, 0.15) is 31.2 Å². The van der Waals surface area contributed by atoms with Crippen molar-refractivity contribution >= 4 is 41.6 Å². The van der Waals surface area contributed by atoms with Crippen molar-refractivity contribution < 1.29 is 33.4 Å². The van der Waals surface area contributed by atoms with Crippen LogP contribution in [0.2, 0.25) is 0 Å². The highest BCUT2D eigenvalue weighted by molar-refractivity contribution is 6.21. The van der Waals surface area contributed by atoms with E-state index in [4.69, 9.17) is 27.0 Å². The average molecular weight is 595 g/mol. The minimum Gasteiger partial charge on any atom is -0.490 e. The lowest BCUT2D eigenvalue weighted by molar-refractivity contribution is -0.145. The molecule has 1 rings (SSSR count). The molecule has 0 unspecified atom stereocenters. The highest BCUT2D eigenvalue weighted by atomic mass is 35.5. The number of carbonyl (C=O) groups excluding carboxylic acids is 4. The number of halogens is 1. The molecule has 3 amide bonds. The first-order valence-corrected chi connectivity index (χ1v) is 13.2. The Labute approximate surface area is 245 Å². The molecule has 0 saturated carbocycles. The number of ether oxygens (including phenoxy) is 3. The Kier molecular flexibility index (Phi) is 16.7. The van der Waals surface area contributed by atoms with Gasteiger partial charge in [0.2, 0.25) is 17.8 Å². The topological polar surface area (TPSA) is 182 Å². The predicted octanol–water partition coefficient (Wildman–Crippen LogP) is 1.47. The molecule has 1 aromatic rings.